The number of carbonyl (C=O) groups is 1. The highest BCUT2D eigenvalue weighted by Crippen LogP contribution is 2.34. The summed E-state index contributed by atoms with van der Waals surface area (Å²) < 4.78 is 6.91. The maximum atomic E-state index is 12.7. The van der Waals surface area contributed by atoms with Crippen molar-refractivity contribution in [3.05, 3.63) is 34.4 Å². The average molecular weight is 309 g/mol. The van der Waals surface area contributed by atoms with Crippen molar-refractivity contribution in [2.24, 2.45) is 7.05 Å². The number of likely N-dealkylation sites (tertiary alicyclic amines) is 1. The second-order valence-electron chi connectivity index (χ2n) is 5.20. The molecule has 0 unspecified atom stereocenters. The van der Waals surface area contributed by atoms with Crippen molar-refractivity contribution in [1.82, 2.24) is 19.8 Å². The van der Waals surface area contributed by atoms with Crippen LogP contribution in [0.5, 0.6) is 0 Å². The van der Waals surface area contributed by atoms with Gasteiger partial charge in [0.1, 0.15) is 5.69 Å². The topological polar surface area (TPSA) is 64.2 Å². The zero-order chi connectivity index (χ0) is 15.0. The standard InChI is InChI=1S/C14H17ClN4O2/c1-3-9-7-12(21-17-9)11-5-4-6-19(11)14(20)13-10(15)8-16-18(13)2/h7-8,11H,3-6H2,1-2H3/t11-/m1/s1. The Morgan fingerprint density at radius 3 is 3.00 bits per heavy atom. The van der Waals surface area contributed by atoms with E-state index in [4.69, 9.17) is 16.1 Å². The molecule has 1 saturated heterocycles. The van der Waals surface area contributed by atoms with E-state index in [9.17, 15) is 4.79 Å². The van der Waals surface area contributed by atoms with Gasteiger partial charge in [0.05, 0.1) is 23.0 Å². The zero-order valence-corrected chi connectivity index (χ0v) is 12.8. The van der Waals surface area contributed by atoms with Crippen LogP contribution in [0.15, 0.2) is 16.8 Å². The van der Waals surface area contributed by atoms with E-state index in [1.54, 1.807) is 11.9 Å². The summed E-state index contributed by atoms with van der Waals surface area (Å²) in [7, 11) is 1.72. The van der Waals surface area contributed by atoms with Gasteiger partial charge in [0.15, 0.2) is 5.76 Å². The van der Waals surface area contributed by atoms with E-state index >= 15 is 0 Å². The highest BCUT2D eigenvalue weighted by atomic mass is 35.5. The fourth-order valence-corrected chi connectivity index (χ4v) is 2.99. The Bertz CT molecular complexity index is 644. The van der Waals surface area contributed by atoms with E-state index < -0.39 is 0 Å². The molecule has 0 spiro atoms. The van der Waals surface area contributed by atoms with Gasteiger partial charge in [0, 0.05) is 19.7 Å². The van der Waals surface area contributed by atoms with Crippen molar-refractivity contribution in [2.45, 2.75) is 32.2 Å². The Hall–Kier alpha value is -1.82. The van der Waals surface area contributed by atoms with E-state index in [1.165, 1.54) is 10.9 Å². The molecule has 0 saturated carbocycles. The van der Waals surface area contributed by atoms with Crippen LogP contribution in [0.1, 0.15) is 47.7 Å². The first kappa shape index (κ1) is 14.1. The van der Waals surface area contributed by atoms with Crippen molar-refractivity contribution >= 4 is 17.5 Å². The summed E-state index contributed by atoms with van der Waals surface area (Å²) in [5, 5.41) is 8.41. The van der Waals surface area contributed by atoms with Gasteiger partial charge in [0.25, 0.3) is 5.91 Å². The molecule has 3 heterocycles. The summed E-state index contributed by atoms with van der Waals surface area (Å²) in [5.74, 6) is 0.632. The van der Waals surface area contributed by atoms with Crippen LogP contribution < -0.4 is 0 Å². The SMILES string of the molecule is CCc1cc([C@H]2CCCN2C(=O)c2c(Cl)cnn2C)on1. The summed E-state index contributed by atoms with van der Waals surface area (Å²) >= 11 is 6.07. The highest BCUT2D eigenvalue weighted by Gasteiger charge is 2.35. The van der Waals surface area contributed by atoms with Gasteiger partial charge in [-0.1, -0.05) is 23.7 Å². The number of hydrogen-bond donors (Lipinski definition) is 0. The first-order chi connectivity index (χ1) is 10.1. The van der Waals surface area contributed by atoms with Crippen molar-refractivity contribution in [3.8, 4) is 0 Å². The molecule has 2 aromatic rings. The second kappa shape index (κ2) is 5.52. The fraction of sp³-hybridized carbons (Fsp3) is 0.500. The lowest BCUT2D eigenvalue weighted by Gasteiger charge is -2.22. The Morgan fingerprint density at radius 2 is 2.38 bits per heavy atom. The summed E-state index contributed by atoms with van der Waals surface area (Å²) in [6, 6.07) is 1.86. The number of aromatic nitrogens is 3. The van der Waals surface area contributed by atoms with Crippen LogP contribution in [0.4, 0.5) is 0 Å². The van der Waals surface area contributed by atoms with E-state index in [0.29, 0.717) is 17.3 Å². The highest BCUT2D eigenvalue weighted by molar-refractivity contribution is 6.33. The van der Waals surface area contributed by atoms with E-state index in [0.717, 1.165) is 30.7 Å². The van der Waals surface area contributed by atoms with Gasteiger partial charge >= 0.3 is 0 Å². The van der Waals surface area contributed by atoms with Crippen LogP contribution in [0.2, 0.25) is 5.02 Å². The Morgan fingerprint density at radius 1 is 1.57 bits per heavy atom. The average Bonchev–Trinajstić information content (AvgIpc) is 3.17. The molecule has 0 radical (unpaired) electrons. The van der Waals surface area contributed by atoms with Crippen molar-refractivity contribution in [2.75, 3.05) is 6.54 Å². The lowest BCUT2D eigenvalue weighted by atomic mass is 10.1. The lowest BCUT2D eigenvalue weighted by Crippen LogP contribution is -2.32. The molecule has 0 aromatic carbocycles. The Balaban J connectivity index is 1.88. The Kier molecular flexibility index (Phi) is 3.71. The molecule has 1 amide bonds. The molecule has 1 aliphatic heterocycles. The monoisotopic (exact) mass is 308 g/mol. The van der Waals surface area contributed by atoms with Crippen LogP contribution in [0.25, 0.3) is 0 Å². The molecule has 0 aliphatic carbocycles. The molecule has 1 aliphatic rings. The van der Waals surface area contributed by atoms with E-state index in [1.807, 2.05) is 13.0 Å². The fourth-order valence-electron chi connectivity index (χ4n) is 2.74. The smallest absolute Gasteiger partial charge is 0.274 e. The first-order valence-electron chi connectivity index (χ1n) is 7.05. The Labute approximate surface area is 127 Å². The van der Waals surface area contributed by atoms with Crippen molar-refractivity contribution in [3.63, 3.8) is 0 Å². The molecule has 0 bridgehead atoms. The van der Waals surface area contributed by atoms with Crippen LogP contribution in [-0.4, -0.2) is 32.3 Å². The first-order valence-corrected chi connectivity index (χ1v) is 7.43. The third kappa shape index (κ3) is 2.44. The lowest BCUT2D eigenvalue weighted by molar-refractivity contribution is 0.0703. The number of halogens is 1. The number of hydrogen-bond acceptors (Lipinski definition) is 4. The molecule has 2 aromatic heterocycles. The molecular weight excluding hydrogens is 292 g/mol. The quantitative estimate of drug-likeness (QED) is 0.874. The molecule has 0 N–H and O–H groups in total. The number of aryl methyl sites for hydroxylation is 2. The van der Waals surface area contributed by atoms with Gasteiger partial charge in [-0.25, -0.2) is 0 Å². The molecule has 112 valence electrons. The van der Waals surface area contributed by atoms with Gasteiger partial charge in [-0.15, -0.1) is 0 Å². The maximum absolute atomic E-state index is 12.7. The van der Waals surface area contributed by atoms with E-state index in [2.05, 4.69) is 10.3 Å². The van der Waals surface area contributed by atoms with Gasteiger partial charge in [-0.3, -0.25) is 9.48 Å². The van der Waals surface area contributed by atoms with Gasteiger partial charge in [-0.2, -0.15) is 5.10 Å². The minimum absolute atomic E-state index is 0.0729. The normalized spacial score (nSPS) is 18.4. The molecule has 6 nitrogen and oxygen atoms in total. The van der Waals surface area contributed by atoms with Crippen LogP contribution in [0.3, 0.4) is 0 Å². The minimum atomic E-state index is -0.114. The predicted molar refractivity (Wildman–Crippen MR) is 77.1 cm³/mol. The second-order valence-corrected chi connectivity index (χ2v) is 5.60. The maximum Gasteiger partial charge on any atom is 0.274 e. The van der Waals surface area contributed by atoms with Crippen molar-refractivity contribution < 1.29 is 9.32 Å². The summed E-state index contributed by atoms with van der Waals surface area (Å²) in [4.78, 5) is 14.5. The van der Waals surface area contributed by atoms with Crippen LogP contribution in [0, 0.1) is 0 Å². The van der Waals surface area contributed by atoms with Crippen molar-refractivity contribution in [1.29, 1.82) is 0 Å². The molecule has 21 heavy (non-hydrogen) atoms. The molecular formula is C14H17ClN4O2. The van der Waals surface area contributed by atoms with Crippen LogP contribution >= 0.6 is 11.6 Å². The summed E-state index contributed by atoms with van der Waals surface area (Å²) in [6.07, 6.45) is 4.12. The molecule has 1 atom stereocenters. The number of nitrogens with zero attached hydrogens (tertiary/aromatic N) is 4. The largest absolute Gasteiger partial charge is 0.359 e. The molecule has 3 rings (SSSR count). The number of amides is 1. The number of rotatable bonds is 3. The van der Waals surface area contributed by atoms with Crippen LogP contribution in [-0.2, 0) is 13.5 Å². The number of carbonyl (C=O) groups excluding carboxylic acids is 1. The summed E-state index contributed by atoms with van der Waals surface area (Å²) in [5.41, 5.74) is 1.32. The zero-order valence-electron chi connectivity index (χ0n) is 12.0. The third-order valence-corrected chi connectivity index (χ3v) is 4.15. The molecule has 1 fully saturated rings. The van der Waals surface area contributed by atoms with E-state index in [-0.39, 0.29) is 11.9 Å². The molecule has 7 heteroatoms. The summed E-state index contributed by atoms with van der Waals surface area (Å²) in [6.45, 7) is 2.71. The van der Waals surface area contributed by atoms with Gasteiger partial charge < -0.3 is 9.42 Å². The third-order valence-electron chi connectivity index (χ3n) is 3.88. The van der Waals surface area contributed by atoms with Gasteiger partial charge in [0.2, 0.25) is 0 Å². The van der Waals surface area contributed by atoms with Gasteiger partial charge in [-0.05, 0) is 19.3 Å². The minimum Gasteiger partial charge on any atom is -0.359 e. The predicted octanol–water partition coefficient (Wildman–Crippen LogP) is 2.60.